The van der Waals surface area contributed by atoms with E-state index in [0.29, 0.717) is 10.6 Å². The number of pyridine rings is 1. The molecule has 0 fully saturated rings. The molecule has 4 aromatic rings. The second kappa shape index (κ2) is 7.38. The highest BCUT2D eigenvalue weighted by molar-refractivity contribution is 7.13. The quantitative estimate of drug-likeness (QED) is 0.406. The lowest BCUT2D eigenvalue weighted by Gasteiger charge is -2.14. The number of carbonyl (C=O) groups is 1. The highest BCUT2D eigenvalue weighted by Gasteiger charge is 2.17. The average Bonchev–Trinajstić information content (AvgIpc) is 3.22. The van der Waals surface area contributed by atoms with Crippen molar-refractivity contribution in [1.29, 1.82) is 0 Å². The first-order chi connectivity index (χ1) is 13.5. The third kappa shape index (κ3) is 3.30. The molecule has 0 saturated carbocycles. The summed E-state index contributed by atoms with van der Waals surface area (Å²) in [5.74, 6) is -0.152. The zero-order chi connectivity index (χ0) is 19.8. The predicted molar refractivity (Wildman–Crippen MR) is 119 cm³/mol. The van der Waals surface area contributed by atoms with Crippen LogP contribution in [0.25, 0.3) is 21.5 Å². The zero-order valence-corrected chi connectivity index (χ0v) is 17.4. The van der Waals surface area contributed by atoms with Gasteiger partial charge in [-0.2, -0.15) is 0 Å². The normalized spacial score (nSPS) is 11.0. The first kappa shape index (κ1) is 18.7. The predicted octanol–water partition coefficient (Wildman–Crippen LogP) is 6.79. The van der Waals surface area contributed by atoms with Crippen LogP contribution in [0.2, 0.25) is 5.02 Å². The lowest BCUT2D eigenvalue weighted by Crippen LogP contribution is -2.14. The molecule has 5 heteroatoms. The Morgan fingerprint density at radius 1 is 1.04 bits per heavy atom. The van der Waals surface area contributed by atoms with Gasteiger partial charge < -0.3 is 5.32 Å². The Hall–Kier alpha value is -2.69. The maximum Gasteiger partial charge on any atom is 0.256 e. The first-order valence-electron chi connectivity index (χ1n) is 8.97. The van der Waals surface area contributed by atoms with Gasteiger partial charge in [0.2, 0.25) is 0 Å². The number of amides is 1. The molecule has 2 aromatic heterocycles. The van der Waals surface area contributed by atoms with Gasteiger partial charge in [-0.05, 0) is 67.1 Å². The van der Waals surface area contributed by atoms with Gasteiger partial charge in [-0.15, -0.1) is 11.3 Å². The van der Waals surface area contributed by atoms with Gasteiger partial charge in [0.15, 0.2) is 0 Å². The standard InChI is InChI=1S/C23H19ClN2OS/c1-13-6-4-7-19(14(13)2)26-23(27)17-12-20(21-8-5-11-28-21)25-22-15(3)18(24)10-9-16(17)22/h4-12H,1-3H3,(H,26,27). The summed E-state index contributed by atoms with van der Waals surface area (Å²) in [6, 6.07) is 15.4. The number of anilines is 1. The average molecular weight is 407 g/mol. The van der Waals surface area contributed by atoms with Crippen LogP contribution in [-0.2, 0) is 0 Å². The second-order valence-corrected chi connectivity index (χ2v) is 8.16. The Bertz CT molecular complexity index is 1200. The second-order valence-electron chi connectivity index (χ2n) is 6.80. The van der Waals surface area contributed by atoms with Crippen LogP contribution in [0, 0.1) is 20.8 Å². The van der Waals surface area contributed by atoms with E-state index in [2.05, 4.69) is 5.32 Å². The number of hydrogen-bond acceptors (Lipinski definition) is 3. The van der Waals surface area contributed by atoms with E-state index in [1.54, 1.807) is 11.3 Å². The number of nitrogens with zero attached hydrogens (tertiary/aromatic N) is 1. The summed E-state index contributed by atoms with van der Waals surface area (Å²) < 4.78 is 0. The van der Waals surface area contributed by atoms with Crippen molar-refractivity contribution in [3.05, 3.63) is 81.2 Å². The molecule has 2 heterocycles. The van der Waals surface area contributed by atoms with Crippen LogP contribution in [0.4, 0.5) is 5.69 Å². The van der Waals surface area contributed by atoms with Crippen molar-refractivity contribution in [3.63, 3.8) is 0 Å². The summed E-state index contributed by atoms with van der Waals surface area (Å²) >= 11 is 7.92. The monoisotopic (exact) mass is 406 g/mol. The van der Waals surface area contributed by atoms with Crippen molar-refractivity contribution in [2.45, 2.75) is 20.8 Å². The summed E-state index contributed by atoms with van der Waals surface area (Å²) in [6.45, 7) is 5.98. The lowest BCUT2D eigenvalue weighted by atomic mass is 10.0. The van der Waals surface area contributed by atoms with Crippen LogP contribution in [-0.4, -0.2) is 10.9 Å². The molecule has 0 aliphatic heterocycles. The molecule has 28 heavy (non-hydrogen) atoms. The minimum atomic E-state index is -0.152. The fourth-order valence-corrected chi connectivity index (χ4v) is 4.06. The number of halogens is 1. The van der Waals surface area contributed by atoms with E-state index in [1.807, 2.05) is 74.7 Å². The minimum Gasteiger partial charge on any atom is -0.322 e. The molecule has 0 unspecified atom stereocenters. The SMILES string of the molecule is Cc1cccc(NC(=O)c2cc(-c3cccs3)nc3c(C)c(Cl)ccc23)c1C. The third-order valence-electron chi connectivity index (χ3n) is 5.04. The van der Waals surface area contributed by atoms with Crippen molar-refractivity contribution in [1.82, 2.24) is 4.98 Å². The number of rotatable bonds is 3. The number of benzene rings is 2. The molecule has 4 rings (SSSR count). The van der Waals surface area contributed by atoms with E-state index >= 15 is 0 Å². The maximum absolute atomic E-state index is 13.2. The summed E-state index contributed by atoms with van der Waals surface area (Å²) in [5, 5.41) is 6.51. The lowest BCUT2D eigenvalue weighted by molar-refractivity contribution is 0.102. The van der Waals surface area contributed by atoms with Crippen molar-refractivity contribution in [2.75, 3.05) is 5.32 Å². The van der Waals surface area contributed by atoms with Gasteiger partial charge in [-0.25, -0.2) is 4.98 Å². The fraction of sp³-hybridized carbons (Fsp3) is 0.130. The van der Waals surface area contributed by atoms with Gasteiger partial charge in [0.05, 0.1) is 21.7 Å². The Morgan fingerprint density at radius 2 is 1.86 bits per heavy atom. The number of fused-ring (bicyclic) bond motifs is 1. The van der Waals surface area contributed by atoms with E-state index in [4.69, 9.17) is 16.6 Å². The van der Waals surface area contributed by atoms with E-state index < -0.39 is 0 Å². The van der Waals surface area contributed by atoms with Crippen molar-refractivity contribution in [2.24, 2.45) is 0 Å². The molecule has 0 radical (unpaired) electrons. The Morgan fingerprint density at radius 3 is 2.61 bits per heavy atom. The van der Waals surface area contributed by atoms with Gasteiger partial charge in [0, 0.05) is 16.1 Å². The summed E-state index contributed by atoms with van der Waals surface area (Å²) in [5.41, 5.74) is 6.01. The fourth-order valence-electron chi connectivity index (χ4n) is 3.22. The van der Waals surface area contributed by atoms with Crippen molar-refractivity contribution < 1.29 is 4.79 Å². The van der Waals surface area contributed by atoms with Gasteiger partial charge >= 0.3 is 0 Å². The molecule has 0 bridgehead atoms. The molecule has 0 saturated heterocycles. The van der Waals surface area contributed by atoms with Crippen LogP contribution in [0.3, 0.4) is 0 Å². The molecule has 0 atom stereocenters. The van der Waals surface area contributed by atoms with Gasteiger partial charge in [0.1, 0.15) is 0 Å². The number of hydrogen-bond donors (Lipinski definition) is 1. The molecule has 1 N–H and O–H groups in total. The molecule has 140 valence electrons. The van der Waals surface area contributed by atoms with Crippen LogP contribution in [0.15, 0.2) is 53.9 Å². The molecular formula is C23H19ClN2OS. The smallest absolute Gasteiger partial charge is 0.256 e. The van der Waals surface area contributed by atoms with Gasteiger partial charge in [-0.3, -0.25) is 4.79 Å². The highest BCUT2D eigenvalue weighted by atomic mass is 35.5. The Kier molecular flexibility index (Phi) is 4.92. The number of carbonyl (C=O) groups excluding carboxylic acids is 1. The zero-order valence-electron chi connectivity index (χ0n) is 15.8. The number of aromatic nitrogens is 1. The topological polar surface area (TPSA) is 42.0 Å². The molecule has 1 amide bonds. The summed E-state index contributed by atoms with van der Waals surface area (Å²) in [6.07, 6.45) is 0. The Balaban J connectivity index is 1.88. The minimum absolute atomic E-state index is 0.152. The van der Waals surface area contributed by atoms with Crippen LogP contribution in [0.1, 0.15) is 27.0 Å². The van der Waals surface area contributed by atoms with Crippen LogP contribution < -0.4 is 5.32 Å². The largest absolute Gasteiger partial charge is 0.322 e. The van der Waals surface area contributed by atoms with Crippen LogP contribution >= 0.6 is 22.9 Å². The van der Waals surface area contributed by atoms with Gasteiger partial charge in [-0.1, -0.05) is 35.9 Å². The number of nitrogens with one attached hydrogen (secondary N) is 1. The molecule has 2 aromatic carbocycles. The van der Waals surface area contributed by atoms with E-state index in [1.165, 1.54) is 0 Å². The molecular weight excluding hydrogens is 388 g/mol. The van der Waals surface area contributed by atoms with E-state index in [9.17, 15) is 4.79 Å². The van der Waals surface area contributed by atoms with Gasteiger partial charge in [0.25, 0.3) is 5.91 Å². The van der Waals surface area contributed by atoms with Crippen molar-refractivity contribution >= 4 is 45.4 Å². The summed E-state index contributed by atoms with van der Waals surface area (Å²) in [7, 11) is 0. The number of aryl methyl sites for hydroxylation is 2. The van der Waals surface area contributed by atoms with Crippen LogP contribution in [0.5, 0.6) is 0 Å². The molecule has 3 nitrogen and oxygen atoms in total. The summed E-state index contributed by atoms with van der Waals surface area (Å²) in [4.78, 5) is 19.1. The third-order valence-corrected chi connectivity index (χ3v) is 6.34. The van der Waals surface area contributed by atoms with E-state index in [0.717, 1.165) is 43.9 Å². The highest BCUT2D eigenvalue weighted by Crippen LogP contribution is 2.32. The maximum atomic E-state index is 13.2. The molecule has 0 spiro atoms. The Labute approximate surface area is 173 Å². The molecule has 0 aliphatic rings. The molecule has 0 aliphatic carbocycles. The first-order valence-corrected chi connectivity index (χ1v) is 10.2. The van der Waals surface area contributed by atoms with Crippen molar-refractivity contribution in [3.8, 4) is 10.6 Å². The van der Waals surface area contributed by atoms with E-state index in [-0.39, 0.29) is 5.91 Å². The number of thiophene rings is 1.